The molecule has 0 amide bonds. The number of rotatable bonds is 2. The second-order valence-corrected chi connectivity index (χ2v) is 6.02. The van der Waals surface area contributed by atoms with Crippen LogP contribution >= 0.6 is 15.9 Å². The zero-order valence-electron chi connectivity index (χ0n) is 10.8. The fourth-order valence-corrected chi connectivity index (χ4v) is 3.30. The predicted molar refractivity (Wildman–Crippen MR) is 75.7 cm³/mol. The van der Waals surface area contributed by atoms with Gasteiger partial charge in [-0.05, 0) is 62.8 Å². The highest BCUT2D eigenvalue weighted by atomic mass is 79.9. The first-order valence-electron chi connectivity index (χ1n) is 6.60. The second kappa shape index (κ2) is 5.90. The lowest BCUT2D eigenvalue weighted by Gasteiger charge is -2.20. The Kier molecular flexibility index (Phi) is 4.49. The Morgan fingerprint density at radius 3 is 2.06 bits per heavy atom. The van der Waals surface area contributed by atoms with E-state index in [1.54, 1.807) is 0 Å². The first kappa shape index (κ1) is 12.9. The Morgan fingerprint density at radius 1 is 1.00 bits per heavy atom. The first-order valence-corrected chi connectivity index (χ1v) is 7.39. The van der Waals surface area contributed by atoms with Crippen molar-refractivity contribution in [3.05, 3.63) is 27.7 Å². The third-order valence-electron chi connectivity index (χ3n) is 3.51. The SMILES string of the molecule is Cc1cc(Br)cc(C)c1OC1CCCCCC1. The molecule has 0 bridgehead atoms. The highest BCUT2D eigenvalue weighted by Crippen LogP contribution is 2.30. The maximum Gasteiger partial charge on any atom is 0.125 e. The van der Waals surface area contributed by atoms with E-state index < -0.39 is 0 Å². The molecule has 0 spiro atoms. The molecule has 1 nitrogen and oxygen atoms in total. The minimum atomic E-state index is 0.427. The Bertz CT molecular complexity index is 356. The van der Waals surface area contributed by atoms with Crippen molar-refractivity contribution in [2.24, 2.45) is 0 Å². The van der Waals surface area contributed by atoms with Crippen LogP contribution in [0.25, 0.3) is 0 Å². The summed E-state index contributed by atoms with van der Waals surface area (Å²) in [5.41, 5.74) is 2.47. The second-order valence-electron chi connectivity index (χ2n) is 5.10. The molecule has 1 aliphatic carbocycles. The van der Waals surface area contributed by atoms with E-state index in [-0.39, 0.29) is 0 Å². The van der Waals surface area contributed by atoms with Gasteiger partial charge in [-0.2, -0.15) is 0 Å². The van der Waals surface area contributed by atoms with Gasteiger partial charge in [0, 0.05) is 4.47 Å². The minimum absolute atomic E-state index is 0.427. The molecule has 0 heterocycles. The van der Waals surface area contributed by atoms with Crippen molar-refractivity contribution in [3.8, 4) is 5.75 Å². The third kappa shape index (κ3) is 3.48. The molecule has 1 aromatic rings. The number of halogens is 1. The fraction of sp³-hybridized carbons (Fsp3) is 0.600. The van der Waals surface area contributed by atoms with Gasteiger partial charge in [-0.25, -0.2) is 0 Å². The van der Waals surface area contributed by atoms with Crippen LogP contribution in [-0.4, -0.2) is 6.10 Å². The van der Waals surface area contributed by atoms with Gasteiger partial charge in [-0.3, -0.25) is 0 Å². The molecule has 0 N–H and O–H groups in total. The molecule has 17 heavy (non-hydrogen) atoms. The molecule has 0 radical (unpaired) electrons. The first-order chi connectivity index (χ1) is 8.16. The number of aryl methyl sites for hydroxylation is 2. The Hall–Kier alpha value is -0.500. The van der Waals surface area contributed by atoms with Crippen LogP contribution < -0.4 is 4.74 Å². The predicted octanol–water partition coefficient (Wildman–Crippen LogP) is 5.17. The fourth-order valence-electron chi connectivity index (χ4n) is 2.61. The van der Waals surface area contributed by atoms with Crippen molar-refractivity contribution in [3.63, 3.8) is 0 Å². The molecule has 2 rings (SSSR count). The van der Waals surface area contributed by atoms with E-state index in [4.69, 9.17) is 4.74 Å². The standard InChI is InChI=1S/C15H21BrO/c1-11-9-13(16)10-12(2)15(11)17-14-7-5-3-4-6-8-14/h9-10,14H,3-8H2,1-2H3. The number of ether oxygens (including phenoxy) is 1. The van der Waals surface area contributed by atoms with Crippen LogP contribution in [0.15, 0.2) is 16.6 Å². The van der Waals surface area contributed by atoms with Crippen LogP contribution in [0.3, 0.4) is 0 Å². The molecule has 0 atom stereocenters. The summed E-state index contributed by atoms with van der Waals surface area (Å²) >= 11 is 3.53. The highest BCUT2D eigenvalue weighted by Gasteiger charge is 2.16. The van der Waals surface area contributed by atoms with Crippen LogP contribution in [0, 0.1) is 13.8 Å². The van der Waals surface area contributed by atoms with Gasteiger partial charge in [-0.1, -0.05) is 28.8 Å². The van der Waals surface area contributed by atoms with E-state index in [0.717, 1.165) is 10.2 Å². The molecular weight excluding hydrogens is 276 g/mol. The lowest BCUT2D eigenvalue weighted by molar-refractivity contribution is 0.181. The van der Waals surface area contributed by atoms with E-state index in [1.165, 1.54) is 49.7 Å². The molecule has 0 saturated heterocycles. The molecule has 0 aromatic heterocycles. The van der Waals surface area contributed by atoms with E-state index in [1.807, 2.05) is 0 Å². The van der Waals surface area contributed by atoms with Crippen molar-refractivity contribution >= 4 is 15.9 Å². The Labute approximate surface area is 113 Å². The van der Waals surface area contributed by atoms with Crippen LogP contribution in [0.5, 0.6) is 5.75 Å². The van der Waals surface area contributed by atoms with Crippen molar-refractivity contribution < 1.29 is 4.74 Å². The molecule has 94 valence electrons. The summed E-state index contributed by atoms with van der Waals surface area (Å²) in [6, 6.07) is 4.28. The van der Waals surface area contributed by atoms with Gasteiger partial charge in [0.15, 0.2) is 0 Å². The quantitative estimate of drug-likeness (QED) is 0.684. The van der Waals surface area contributed by atoms with Gasteiger partial charge in [0.25, 0.3) is 0 Å². The summed E-state index contributed by atoms with van der Waals surface area (Å²) in [4.78, 5) is 0. The van der Waals surface area contributed by atoms with Gasteiger partial charge in [-0.15, -0.1) is 0 Å². The van der Waals surface area contributed by atoms with Crippen LogP contribution in [0.2, 0.25) is 0 Å². The summed E-state index contributed by atoms with van der Waals surface area (Å²) in [7, 11) is 0. The summed E-state index contributed by atoms with van der Waals surface area (Å²) < 4.78 is 7.37. The van der Waals surface area contributed by atoms with Gasteiger partial charge in [0.1, 0.15) is 5.75 Å². The van der Waals surface area contributed by atoms with E-state index in [0.29, 0.717) is 6.10 Å². The van der Waals surface area contributed by atoms with Crippen molar-refractivity contribution in [2.45, 2.75) is 58.5 Å². The van der Waals surface area contributed by atoms with Gasteiger partial charge in [0.05, 0.1) is 6.10 Å². The Balaban J connectivity index is 2.11. The lowest BCUT2D eigenvalue weighted by Crippen LogP contribution is -2.16. The summed E-state index contributed by atoms with van der Waals surface area (Å²) in [5.74, 6) is 1.10. The molecule has 1 aromatic carbocycles. The molecule has 0 aliphatic heterocycles. The smallest absolute Gasteiger partial charge is 0.125 e. The highest BCUT2D eigenvalue weighted by molar-refractivity contribution is 9.10. The molecule has 0 unspecified atom stereocenters. The van der Waals surface area contributed by atoms with Crippen molar-refractivity contribution in [2.75, 3.05) is 0 Å². The van der Waals surface area contributed by atoms with Crippen LogP contribution in [-0.2, 0) is 0 Å². The van der Waals surface area contributed by atoms with Gasteiger partial charge < -0.3 is 4.74 Å². The zero-order chi connectivity index (χ0) is 12.3. The molecule has 1 aliphatic rings. The average molecular weight is 297 g/mol. The monoisotopic (exact) mass is 296 g/mol. The molecular formula is C15H21BrO. The topological polar surface area (TPSA) is 9.23 Å². The van der Waals surface area contributed by atoms with E-state index >= 15 is 0 Å². The number of hydrogen-bond donors (Lipinski definition) is 0. The number of benzene rings is 1. The van der Waals surface area contributed by atoms with Gasteiger partial charge in [0.2, 0.25) is 0 Å². The molecule has 1 saturated carbocycles. The van der Waals surface area contributed by atoms with Crippen molar-refractivity contribution in [1.29, 1.82) is 0 Å². The maximum absolute atomic E-state index is 6.23. The summed E-state index contributed by atoms with van der Waals surface area (Å²) in [6.45, 7) is 4.26. The largest absolute Gasteiger partial charge is 0.490 e. The molecule has 1 fully saturated rings. The normalized spacial score (nSPS) is 17.8. The average Bonchev–Trinajstić information content (AvgIpc) is 2.51. The molecule has 2 heteroatoms. The summed E-state index contributed by atoms with van der Waals surface area (Å²) in [5, 5.41) is 0. The van der Waals surface area contributed by atoms with E-state index in [9.17, 15) is 0 Å². The van der Waals surface area contributed by atoms with Crippen LogP contribution in [0.1, 0.15) is 49.7 Å². The lowest BCUT2D eigenvalue weighted by atomic mass is 10.1. The van der Waals surface area contributed by atoms with Crippen molar-refractivity contribution in [1.82, 2.24) is 0 Å². The van der Waals surface area contributed by atoms with E-state index in [2.05, 4.69) is 41.9 Å². The summed E-state index contributed by atoms with van der Waals surface area (Å²) in [6.07, 6.45) is 8.25. The Morgan fingerprint density at radius 2 is 1.53 bits per heavy atom. The zero-order valence-corrected chi connectivity index (χ0v) is 12.3. The third-order valence-corrected chi connectivity index (χ3v) is 3.97. The van der Waals surface area contributed by atoms with Gasteiger partial charge >= 0.3 is 0 Å². The van der Waals surface area contributed by atoms with Crippen LogP contribution in [0.4, 0.5) is 0 Å². The maximum atomic E-state index is 6.23. The number of hydrogen-bond acceptors (Lipinski definition) is 1. The minimum Gasteiger partial charge on any atom is -0.490 e.